The van der Waals surface area contributed by atoms with Crippen molar-refractivity contribution in [3.63, 3.8) is 0 Å². The van der Waals surface area contributed by atoms with Crippen LogP contribution in [0.15, 0.2) is 12.2 Å². The minimum atomic E-state index is -0.322. The summed E-state index contributed by atoms with van der Waals surface area (Å²) >= 11 is 0. The number of nitrogens with zero attached hydrogens (tertiary/aromatic N) is 1. The minimum Gasteiger partial charge on any atom is -0.351 e. The van der Waals surface area contributed by atoms with Gasteiger partial charge in [-0.15, -0.1) is 0 Å². The first-order valence-electron chi connectivity index (χ1n) is 3.44. The number of hydrogen-bond acceptors (Lipinski definition) is 1. The number of urea groups is 1. The smallest absolute Gasteiger partial charge is 0.315 e. The molecule has 3 heteroatoms. The van der Waals surface area contributed by atoms with E-state index in [-0.39, 0.29) is 12.1 Å². The highest BCUT2D eigenvalue weighted by Crippen LogP contribution is 2.07. The van der Waals surface area contributed by atoms with E-state index in [1.165, 1.54) is 0 Å². The molecule has 0 aromatic heterocycles. The molecule has 0 fully saturated rings. The molecule has 2 amide bonds. The zero-order valence-corrected chi connectivity index (χ0v) is 6.08. The SMILES string of the molecule is CC1C=CCCN1C(N)=O. The maximum atomic E-state index is 10.7. The Kier molecular flexibility index (Phi) is 1.94. The summed E-state index contributed by atoms with van der Waals surface area (Å²) in [6.45, 7) is 2.72. The Balaban J connectivity index is 2.60. The van der Waals surface area contributed by atoms with Crippen molar-refractivity contribution in [2.24, 2.45) is 5.73 Å². The molecule has 2 N–H and O–H groups in total. The molecule has 0 aliphatic carbocycles. The molecule has 1 rings (SSSR count). The Labute approximate surface area is 60.5 Å². The van der Waals surface area contributed by atoms with Crippen LogP contribution in [0.5, 0.6) is 0 Å². The van der Waals surface area contributed by atoms with Gasteiger partial charge in [-0.3, -0.25) is 0 Å². The van der Waals surface area contributed by atoms with Crippen molar-refractivity contribution in [2.75, 3.05) is 6.54 Å². The van der Waals surface area contributed by atoms with Crippen LogP contribution in [0.1, 0.15) is 13.3 Å². The molecular formula is C7H12N2O. The maximum absolute atomic E-state index is 10.7. The van der Waals surface area contributed by atoms with Crippen molar-refractivity contribution >= 4 is 6.03 Å². The van der Waals surface area contributed by atoms with Gasteiger partial charge in [0.2, 0.25) is 0 Å². The lowest BCUT2D eigenvalue weighted by Gasteiger charge is -2.27. The van der Waals surface area contributed by atoms with Crippen LogP contribution in [-0.4, -0.2) is 23.5 Å². The molecule has 1 aliphatic rings. The van der Waals surface area contributed by atoms with Crippen LogP contribution >= 0.6 is 0 Å². The monoisotopic (exact) mass is 140 g/mol. The van der Waals surface area contributed by atoms with Gasteiger partial charge in [0, 0.05) is 12.6 Å². The van der Waals surface area contributed by atoms with E-state index in [0.717, 1.165) is 13.0 Å². The van der Waals surface area contributed by atoms with Crippen LogP contribution in [0.2, 0.25) is 0 Å². The van der Waals surface area contributed by atoms with Crippen LogP contribution in [0, 0.1) is 0 Å². The highest BCUT2D eigenvalue weighted by Gasteiger charge is 2.16. The second kappa shape index (κ2) is 2.73. The van der Waals surface area contributed by atoms with Gasteiger partial charge in [-0.1, -0.05) is 12.2 Å². The molecule has 56 valence electrons. The van der Waals surface area contributed by atoms with Crippen LogP contribution in [0.4, 0.5) is 4.79 Å². The van der Waals surface area contributed by atoms with E-state index in [1.54, 1.807) is 4.90 Å². The van der Waals surface area contributed by atoms with E-state index in [1.807, 2.05) is 13.0 Å². The fourth-order valence-corrected chi connectivity index (χ4v) is 1.13. The standard InChI is InChI=1S/C7H12N2O/c1-6-4-2-3-5-9(6)7(8)10/h2,4,6H,3,5H2,1H3,(H2,8,10). The summed E-state index contributed by atoms with van der Waals surface area (Å²) in [5.41, 5.74) is 5.11. The maximum Gasteiger partial charge on any atom is 0.315 e. The molecule has 0 bridgehead atoms. The topological polar surface area (TPSA) is 46.3 Å². The predicted octanol–water partition coefficient (Wildman–Crippen LogP) is 0.716. The summed E-state index contributed by atoms with van der Waals surface area (Å²) < 4.78 is 0. The quantitative estimate of drug-likeness (QED) is 0.495. The lowest BCUT2D eigenvalue weighted by molar-refractivity contribution is 0.197. The third kappa shape index (κ3) is 1.29. The van der Waals surface area contributed by atoms with Crippen LogP contribution in [-0.2, 0) is 0 Å². The van der Waals surface area contributed by atoms with Crippen LogP contribution in [0.25, 0.3) is 0 Å². The minimum absolute atomic E-state index is 0.172. The molecule has 0 saturated heterocycles. The summed E-state index contributed by atoms with van der Waals surface area (Å²) in [6.07, 6.45) is 4.99. The first-order valence-corrected chi connectivity index (χ1v) is 3.44. The Morgan fingerprint density at radius 3 is 2.90 bits per heavy atom. The van der Waals surface area contributed by atoms with Gasteiger partial charge in [0.15, 0.2) is 0 Å². The third-order valence-electron chi connectivity index (χ3n) is 1.73. The molecule has 0 spiro atoms. The Hall–Kier alpha value is -0.990. The fraction of sp³-hybridized carbons (Fsp3) is 0.571. The molecule has 10 heavy (non-hydrogen) atoms. The van der Waals surface area contributed by atoms with Crippen LogP contribution < -0.4 is 5.73 Å². The average molecular weight is 140 g/mol. The molecule has 1 atom stereocenters. The molecule has 1 aliphatic heterocycles. The highest BCUT2D eigenvalue weighted by atomic mass is 16.2. The van der Waals surface area contributed by atoms with Crippen molar-refractivity contribution in [2.45, 2.75) is 19.4 Å². The molecule has 0 radical (unpaired) electrons. The first-order chi connectivity index (χ1) is 4.72. The molecule has 0 aromatic rings. The lowest BCUT2D eigenvalue weighted by atomic mass is 10.1. The number of primary amides is 1. The summed E-state index contributed by atoms with van der Waals surface area (Å²) in [6, 6.07) is -0.150. The van der Waals surface area contributed by atoms with Gasteiger partial charge in [0.1, 0.15) is 0 Å². The van der Waals surface area contributed by atoms with E-state index in [0.29, 0.717) is 0 Å². The Morgan fingerprint density at radius 2 is 2.50 bits per heavy atom. The van der Waals surface area contributed by atoms with Gasteiger partial charge >= 0.3 is 6.03 Å². The summed E-state index contributed by atoms with van der Waals surface area (Å²) in [5.74, 6) is 0. The second-order valence-electron chi connectivity index (χ2n) is 2.49. The fourth-order valence-electron chi connectivity index (χ4n) is 1.13. The Bertz CT molecular complexity index is 165. The van der Waals surface area contributed by atoms with Crippen LogP contribution in [0.3, 0.4) is 0 Å². The number of rotatable bonds is 0. The largest absolute Gasteiger partial charge is 0.351 e. The molecule has 0 aromatic carbocycles. The number of amides is 2. The van der Waals surface area contributed by atoms with Gasteiger partial charge in [-0.2, -0.15) is 0 Å². The van der Waals surface area contributed by atoms with E-state index in [4.69, 9.17) is 5.73 Å². The molecule has 1 unspecified atom stereocenters. The van der Waals surface area contributed by atoms with Gasteiger partial charge in [0.05, 0.1) is 0 Å². The van der Waals surface area contributed by atoms with Gasteiger partial charge in [-0.05, 0) is 13.3 Å². The van der Waals surface area contributed by atoms with E-state index in [2.05, 4.69) is 6.08 Å². The zero-order valence-electron chi connectivity index (χ0n) is 6.08. The van der Waals surface area contributed by atoms with E-state index >= 15 is 0 Å². The summed E-state index contributed by atoms with van der Waals surface area (Å²) in [5, 5.41) is 0. The van der Waals surface area contributed by atoms with Crippen molar-refractivity contribution in [1.29, 1.82) is 0 Å². The van der Waals surface area contributed by atoms with Crippen molar-refractivity contribution < 1.29 is 4.79 Å². The van der Waals surface area contributed by atoms with E-state index in [9.17, 15) is 4.79 Å². The lowest BCUT2D eigenvalue weighted by Crippen LogP contribution is -2.43. The molecule has 1 heterocycles. The summed E-state index contributed by atoms with van der Waals surface area (Å²) in [7, 11) is 0. The number of hydrogen-bond donors (Lipinski definition) is 1. The third-order valence-corrected chi connectivity index (χ3v) is 1.73. The van der Waals surface area contributed by atoms with Gasteiger partial charge in [0.25, 0.3) is 0 Å². The van der Waals surface area contributed by atoms with Crippen molar-refractivity contribution in [1.82, 2.24) is 4.90 Å². The first kappa shape index (κ1) is 7.12. The molecule has 3 nitrogen and oxygen atoms in total. The highest BCUT2D eigenvalue weighted by molar-refractivity contribution is 5.72. The van der Waals surface area contributed by atoms with Crippen molar-refractivity contribution in [3.05, 3.63) is 12.2 Å². The second-order valence-corrected chi connectivity index (χ2v) is 2.49. The summed E-state index contributed by atoms with van der Waals surface area (Å²) in [4.78, 5) is 12.3. The predicted molar refractivity (Wildman–Crippen MR) is 39.5 cm³/mol. The average Bonchev–Trinajstić information content (AvgIpc) is 1.88. The van der Waals surface area contributed by atoms with Gasteiger partial charge < -0.3 is 10.6 Å². The van der Waals surface area contributed by atoms with Crippen molar-refractivity contribution in [3.8, 4) is 0 Å². The number of nitrogens with two attached hydrogens (primary N) is 1. The molecule has 0 saturated carbocycles. The Morgan fingerprint density at radius 1 is 1.80 bits per heavy atom. The van der Waals surface area contributed by atoms with E-state index < -0.39 is 0 Å². The molecular weight excluding hydrogens is 128 g/mol. The number of carbonyl (C=O) groups is 1. The zero-order chi connectivity index (χ0) is 7.56. The normalized spacial score (nSPS) is 24.9. The van der Waals surface area contributed by atoms with Gasteiger partial charge in [-0.25, -0.2) is 4.79 Å². The number of carbonyl (C=O) groups excluding carboxylic acids is 1.